The third-order valence-corrected chi connectivity index (χ3v) is 8.31. The second kappa shape index (κ2) is 6.88. The molecule has 0 unspecified atom stereocenters. The van der Waals surface area contributed by atoms with Gasteiger partial charge in [0.15, 0.2) is 9.84 Å². The lowest BCUT2D eigenvalue weighted by Gasteiger charge is -2.29. The molecule has 23 heavy (non-hydrogen) atoms. The molecule has 2 rings (SSSR count). The van der Waals surface area contributed by atoms with Crippen LogP contribution in [0.2, 0.25) is 10.0 Å². The molecule has 1 aromatic rings. The van der Waals surface area contributed by atoms with Gasteiger partial charge in [0.05, 0.1) is 21.6 Å². The largest absolute Gasteiger partial charge is 0.244 e. The molecular formula is C14H19Cl2NO4S2. The van der Waals surface area contributed by atoms with Crippen molar-refractivity contribution in [1.82, 2.24) is 4.31 Å². The van der Waals surface area contributed by atoms with Crippen LogP contribution in [0.25, 0.3) is 0 Å². The van der Waals surface area contributed by atoms with Gasteiger partial charge in [0, 0.05) is 12.6 Å². The Labute approximate surface area is 147 Å². The van der Waals surface area contributed by atoms with Crippen LogP contribution in [0.3, 0.4) is 0 Å². The van der Waals surface area contributed by atoms with Crippen LogP contribution in [0.1, 0.15) is 20.3 Å². The Bertz CT molecular complexity index is 791. The molecule has 1 saturated heterocycles. The van der Waals surface area contributed by atoms with Crippen molar-refractivity contribution >= 4 is 43.1 Å². The van der Waals surface area contributed by atoms with Crippen molar-refractivity contribution < 1.29 is 16.8 Å². The van der Waals surface area contributed by atoms with Crippen LogP contribution in [0.15, 0.2) is 23.1 Å². The van der Waals surface area contributed by atoms with Crippen molar-refractivity contribution in [3.63, 3.8) is 0 Å². The molecule has 1 heterocycles. The van der Waals surface area contributed by atoms with Crippen LogP contribution in [0, 0.1) is 5.92 Å². The summed E-state index contributed by atoms with van der Waals surface area (Å²) >= 11 is 12.0. The van der Waals surface area contributed by atoms with Crippen LogP contribution in [-0.4, -0.2) is 45.2 Å². The highest BCUT2D eigenvalue weighted by atomic mass is 35.5. The number of nitrogens with zero attached hydrogens (tertiary/aromatic N) is 1. The van der Waals surface area contributed by atoms with Gasteiger partial charge in [-0.2, -0.15) is 4.31 Å². The Kier molecular flexibility index (Phi) is 5.68. The van der Waals surface area contributed by atoms with E-state index in [0.29, 0.717) is 6.42 Å². The van der Waals surface area contributed by atoms with E-state index in [1.165, 1.54) is 22.5 Å². The van der Waals surface area contributed by atoms with Crippen molar-refractivity contribution in [2.75, 3.05) is 18.1 Å². The number of sulfone groups is 1. The quantitative estimate of drug-likeness (QED) is 0.762. The summed E-state index contributed by atoms with van der Waals surface area (Å²) in [4.78, 5) is -0.0865. The maximum absolute atomic E-state index is 13.0. The number of hydrogen-bond acceptors (Lipinski definition) is 4. The Morgan fingerprint density at radius 1 is 1.30 bits per heavy atom. The summed E-state index contributed by atoms with van der Waals surface area (Å²) in [7, 11) is -7.13. The molecule has 130 valence electrons. The molecule has 5 nitrogen and oxygen atoms in total. The predicted octanol–water partition coefficient (Wildman–Crippen LogP) is 2.83. The lowest BCUT2D eigenvalue weighted by atomic mass is 10.2. The molecule has 0 radical (unpaired) electrons. The van der Waals surface area contributed by atoms with Crippen LogP contribution >= 0.6 is 23.2 Å². The zero-order valence-electron chi connectivity index (χ0n) is 12.9. The highest BCUT2D eigenvalue weighted by Crippen LogP contribution is 2.33. The van der Waals surface area contributed by atoms with Gasteiger partial charge in [-0.05, 0) is 24.5 Å². The molecule has 0 spiro atoms. The summed E-state index contributed by atoms with van der Waals surface area (Å²) in [6.07, 6.45) is 0.298. The molecular weight excluding hydrogens is 381 g/mol. The number of hydrogen-bond donors (Lipinski definition) is 0. The number of sulfonamides is 1. The Balaban J connectivity index is 2.48. The monoisotopic (exact) mass is 399 g/mol. The van der Waals surface area contributed by atoms with Gasteiger partial charge < -0.3 is 0 Å². The van der Waals surface area contributed by atoms with Crippen molar-refractivity contribution in [2.45, 2.75) is 31.2 Å². The minimum atomic E-state index is -3.93. The standard InChI is InChI=1S/C14H19Cl2NO4S2/c1-10(2)8-17(11-6-7-22(18,19)9-11)23(20,21)13-5-3-4-12(15)14(13)16/h3-5,10-11H,6-9H2,1-2H3/t11-/m0/s1. The van der Waals surface area contributed by atoms with Gasteiger partial charge in [0.25, 0.3) is 0 Å². The highest BCUT2D eigenvalue weighted by Gasteiger charge is 2.39. The zero-order valence-corrected chi connectivity index (χ0v) is 16.0. The number of benzene rings is 1. The van der Waals surface area contributed by atoms with E-state index in [1.54, 1.807) is 0 Å². The fourth-order valence-corrected chi connectivity index (χ4v) is 7.00. The van der Waals surface area contributed by atoms with Crippen molar-refractivity contribution in [1.29, 1.82) is 0 Å². The van der Waals surface area contributed by atoms with Crippen LogP contribution < -0.4 is 0 Å². The molecule has 1 aliphatic heterocycles. The van der Waals surface area contributed by atoms with Crippen LogP contribution in [-0.2, 0) is 19.9 Å². The fourth-order valence-electron chi connectivity index (χ4n) is 2.62. The van der Waals surface area contributed by atoms with Crippen molar-refractivity contribution in [3.05, 3.63) is 28.2 Å². The van der Waals surface area contributed by atoms with E-state index >= 15 is 0 Å². The average molecular weight is 400 g/mol. The molecule has 0 saturated carbocycles. The molecule has 0 aromatic heterocycles. The van der Waals surface area contributed by atoms with Gasteiger partial charge in [-0.15, -0.1) is 0 Å². The van der Waals surface area contributed by atoms with Gasteiger partial charge in [-0.3, -0.25) is 0 Å². The Morgan fingerprint density at radius 2 is 1.96 bits per heavy atom. The summed E-state index contributed by atoms with van der Waals surface area (Å²) in [6.45, 7) is 3.99. The van der Waals surface area contributed by atoms with Gasteiger partial charge in [0.2, 0.25) is 10.0 Å². The van der Waals surface area contributed by atoms with E-state index < -0.39 is 25.9 Å². The zero-order chi connectivity index (χ0) is 17.4. The molecule has 0 aliphatic carbocycles. The van der Waals surface area contributed by atoms with Crippen LogP contribution in [0.5, 0.6) is 0 Å². The van der Waals surface area contributed by atoms with Crippen LogP contribution in [0.4, 0.5) is 0 Å². The van der Waals surface area contributed by atoms with Gasteiger partial charge in [-0.1, -0.05) is 43.1 Å². The van der Waals surface area contributed by atoms with Gasteiger partial charge in [0.1, 0.15) is 4.90 Å². The maximum Gasteiger partial charge on any atom is 0.244 e. The first-order valence-electron chi connectivity index (χ1n) is 7.21. The lowest BCUT2D eigenvalue weighted by Crippen LogP contribution is -2.43. The second-order valence-electron chi connectivity index (χ2n) is 6.08. The van der Waals surface area contributed by atoms with E-state index in [-0.39, 0.29) is 38.9 Å². The Morgan fingerprint density at radius 3 is 2.48 bits per heavy atom. The summed E-state index contributed by atoms with van der Waals surface area (Å²) in [5, 5.41) is 0.111. The van der Waals surface area contributed by atoms with E-state index in [1.807, 2.05) is 13.8 Å². The summed E-state index contributed by atoms with van der Waals surface area (Å²) < 4.78 is 50.8. The molecule has 0 amide bonds. The van der Waals surface area contributed by atoms with Crippen molar-refractivity contribution in [3.8, 4) is 0 Å². The van der Waals surface area contributed by atoms with Crippen molar-refractivity contribution in [2.24, 2.45) is 5.92 Å². The molecule has 1 fully saturated rings. The number of halogens is 2. The highest BCUT2D eigenvalue weighted by molar-refractivity contribution is 7.92. The molecule has 1 aliphatic rings. The van der Waals surface area contributed by atoms with E-state index in [2.05, 4.69) is 0 Å². The average Bonchev–Trinajstić information content (AvgIpc) is 2.78. The third kappa shape index (κ3) is 4.20. The molecule has 1 atom stereocenters. The summed E-state index contributed by atoms with van der Waals surface area (Å²) in [5.74, 6) is -0.103. The first-order chi connectivity index (χ1) is 10.5. The third-order valence-electron chi connectivity index (χ3n) is 3.66. The minimum Gasteiger partial charge on any atom is -0.229 e. The first-order valence-corrected chi connectivity index (χ1v) is 11.2. The first kappa shape index (κ1) is 19.0. The van der Waals surface area contributed by atoms with E-state index in [0.717, 1.165) is 0 Å². The van der Waals surface area contributed by atoms with Gasteiger partial charge >= 0.3 is 0 Å². The Hall–Kier alpha value is -0.340. The molecule has 9 heteroatoms. The molecule has 0 bridgehead atoms. The van der Waals surface area contributed by atoms with E-state index in [9.17, 15) is 16.8 Å². The maximum atomic E-state index is 13.0. The smallest absolute Gasteiger partial charge is 0.229 e. The second-order valence-corrected chi connectivity index (χ2v) is 11.0. The SMILES string of the molecule is CC(C)CN([C@H]1CCS(=O)(=O)C1)S(=O)(=O)c1cccc(Cl)c1Cl. The summed E-state index contributed by atoms with van der Waals surface area (Å²) in [6, 6.07) is 3.85. The number of rotatable bonds is 5. The normalized spacial score (nSPS) is 21.2. The van der Waals surface area contributed by atoms with E-state index in [4.69, 9.17) is 23.2 Å². The van der Waals surface area contributed by atoms with Gasteiger partial charge in [-0.25, -0.2) is 16.8 Å². The molecule has 0 N–H and O–H groups in total. The fraction of sp³-hybridized carbons (Fsp3) is 0.571. The minimum absolute atomic E-state index is 0.00502. The molecule has 1 aromatic carbocycles. The lowest BCUT2D eigenvalue weighted by molar-refractivity contribution is 0.308. The topological polar surface area (TPSA) is 71.5 Å². The predicted molar refractivity (Wildman–Crippen MR) is 92.3 cm³/mol. The summed E-state index contributed by atoms with van der Waals surface area (Å²) in [5.41, 5.74) is 0.